The minimum atomic E-state index is -3.10. The summed E-state index contributed by atoms with van der Waals surface area (Å²) in [5.74, 6) is -0.949. The maximum Gasteiger partial charge on any atom is 0.282 e. The lowest BCUT2D eigenvalue weighted by atomic mass is 10.3. The van der Waals surface area contributed by atoms with Crippen molar-refractivity contribution in [1.82, 2.24) is 24.9 Å². The molecule has 0 saturated heterocycles. The van der Waals surface area contributed by atoms with E-state index in [4.69, 9.17) is 4.42 Å². The third-order valence-electron chi connectivity index (χ3n) is 4.15. The van der Waals surface area contributed by atoms with E-state index in [1.807, 2.05) is 0 Å². The summed E-state index contributed by atoms with van der Waals surface area (Å²) >= 11 is 0. The van der Waals surface area contributed by atoms with Crippen molar-refractivity contribution in [3.63, 3.8) is 0 Å². The van der Waals surface area contributed by atoms with E-state index in [1.54, 1.807) is 19.1 Å². The van der Waals surface area contributed by atoms with Gasteiger partial charge in [0.25, 0.3) is 18.8 Å². The number of carbonyl (C=O) groups excluding carboxylic acids is 2. The molecule has 2 amide bonds. The Bertz CT molecular complexity index is 1050. The first-order chi connectivity index (χ1) is 14.8. The Morgan fingerprint density at radius 2 is 1.97 bits per heavy atom. The summed E-state index contributed by atoms with van der Waals surface area (Å²) in [5, 5.41) is 12.4. The van der Waals surface area contributed by atoms with Crippen molar-refractivity contribution in [3.05, 3.63) is 53.5 Å². The van der Waals surface area contributed by atoms with Crippen LogP contribution in [0.1, 0.15) is 47.4 Å². The fourth-order valence-electron chi connectivity index (χ4n) is 2.69. The Balaban J connectivity index is 1.74. The lowest BCUT2D eigenvalue weighted by Gasteiger charge is -2.08. The molecule has 3 aromatic heterocycles. The van der Waals surface area contributed by atoms with Crippen LogP contribution in [0.2, 0.25) is 0 Å². The van der Waals surface area contributed by atoms with Gasteiger partial charge in [-0.15, -0.1) is 0 Å². The predicted molar refractivity (Wildman–Crippen MR) is 98.5 cm³/mol. The van der Waals surface area contributed by atoms with Crippen LogP contribution < -0.4 is 10.6 Å². The lowest BCUT2D eigenvalue weighted by molar-refractivity contribution is -0.117. The number of nitrogens with one attached hydrogen (secondary N) is 2. The number of amides is 2. The summed E-state index contributed by atoms with van der Waals surface area (Å²) in [5.41, 5.74) is -1.75. The van der Waals surface area contributed by atoms with Gasteiger partial charge in [0.1, 0.15) is 23.7 Å². The molecule has 0 spiro atoms. The average Bonchev–Trinajstić information content (AvgIpc) is 3.45. The molecule has 0 fully saturated rings. The Morgan fingerprint density at radius 1 is 1.19 bits per heavy atom. The quantitative estimate of drug-likeness (QED) is 0.495. The monoisotopic (exact) mass is 442 g/mol. The van der Waals surface area contributed by atoms with Gasteiger partial charge in [-0.25, -0.2) is 17.6 Å². The van der Waals surface area contributed by atoms with Gasteiger partial charge in [0.05, 0.1) is 18.5 Å². The number of furan rings is 1. The number of aryl methyl sites for hydroxylation is 1. The minimum Gasteiger partial charge on any atom is -0.467 e. The fraction of sp³-hybridized carbons (Fsp3) is 0.333. The molecule has 2 N–H and O–H groups in total. The van der Waals surface area contributed by atoms with Gasteiger partial charge in [0.15, 0.2) is 5.69 Å². The molecule has 31 heavy (non-hydrogen) atoms. The van der Waals surface area contributed by atoms with Crippen LogP contribution in [0.15, 0.2) is 35.1 Å². The number of hydrogen-bond donors (Lipinski definition) is 2. The molecule has 0 atom stereocenters. The first kappa shape index (κ1) is 22.1. The fourth-order valence-corrected chi connectivity index (χ4v) is 2.69. The van der Waals surface area contributed by atoms with E-state index in [-0.39, 0.29) is 17.9 Å². The molecule has 0 aliphatic rings. The van der Waals surface area contributed by atoms with Crippen LogP contribution in [0.3, 0.4) is 0 Å². The molecule has 3 heterocycles. The van der Waals surface area contributed by atoms with E-state index in [9.17, 15) is 27.2 Å². The molecule has 0 unspecified atom stereocenters. The highest BCUT2D eigenvalue weighted by atomic mass is 19.3. The van der Waals surface area contributed by atoms with Crippen LogP contribution in [0.25, 0.3) is 0 Å². The molecule has 0 aliphatic carbocycles. The molecule has 0 radical (unpaired) electrons. The highest BCUT2D eigenvalue weighted by molar-refractivity contribution is 6.02. The summed E-state index contributed by atoms with van der Waals surface area (Å²) < 4.78 is 58.8. The maximum absolute atomic E-state index is 13.1. The van der Waals surface area contributed by atoms with E-state index in [2.05, 4.69) is 20.8 Å². The largest absolute Gasteiger partial charge is 0.467 e. The van der Waals surface area contributed by atoms with Gasteiger partial charge in [-0.1, -0.05) is 0 Å². The Hall–Kier alpha value is -3.64. The van der Waals surface area contributed by atoms with E-state index in [0.29, 0.717) is 23.1 Å². The summed E-state index contributed by atoms with van der Waals surface area (Å²) in [6, 6.07) is 3.86. The van der Waals surface area contributed by atoms with Gasteiger partial charge in [0.2, 0.25) is 5.91 Å². The zero-order valence-corrected chi connectivity index (χ0v) is 16.2. The van der Waals surface area contributed by atoms with Crippen molar-refractivity contribution in [2.24, 2.45) is 0 Å². The van der Waals surface area contributed by atoms with Crippen LogP contribution in [-0.4, -0.2) is 31.4 Å². The van der Waals surface area contributed by atoms with Crippen molar-refractivity contribution in [2.45, 2.75) is 39.4 Å². The molecular weight excluding hydrogens is 424 g/mol. The molecule has 13 heteroatoms. The van der Waals surface area contributed by atoms with E-state index in [0.717, 1.165) is 0 Å². The van der Waals surface area contributed by atoms with E-state index >= 15 is 0 Å². The number of carbonyl (C=O) groups is 2. The van der Waals surface area contributed by atoms with Crippen molar-refractivity contribution in [2.75, 3.05) is 5.32 Å². The molecular formula is C18H18F4N6O3. The number of hydrogen-bond acceptors (Lipinski definition) is 5. The Kier molecular flexibility index (Phi) is 6.72. The third kappa shape index (κ3) is 5.29. The third-order valence-corrected chi connectivity index (χ3v) is 4.15. The van der Waals surface area contributed by atoms with Gasteiger partial charge in [-0.05, 0) is 25.1 Å². The van der Waals surface area contributed by atoms with E-state index in [1.165, 1.54) is 17.1 Å². The minimum absolute atomic E-state index is 0.0311. The number of rotatable bonds is 9. The number of alkyl halides is 4. The Morgan fingerprint density at radius 3 is 2.58 bits per heavy atom. The van der Waals surface area contributed by atoms with Gasteiger partial charge in [0, 0.05) is 12.7 Å². The standard InChI is InChI=1S/C18H18F4N6O3/c1-2-27-8-12(15(26-27)18(30)23-7-10-4-3-5-31-10)24-14(29)9-28-13(17(21)22)6-11(25-28)16(19)20/h3-6,8,16-17H,2,7,9H2,1H3,(H,23,30)(H,24,29). The maximum atomic E-state index is 13.1. The second kappa shape index (κ2) is 9.45. The predicted octanol–water partition coefficient (Wildman–Crippen LogP) is 3.14. The number of aromatic nitrogens is 4. The van der Waals surface area contributed by atoms with Crippen molar-refractivity contribution in [1.29, 1.82) is 0 Å². The lowest BCUT2D eigenvalue weighted by Crippen LogP contribution is -2.26. The van der Waals surface area contributed by atoms with Crippen molar-refractivity contribution < 1.29 is 31.6 Å². The first-order valence-electron chi connectivity index (χ1n) is 9.10. The molecule has 0 aliphatic heterocycles. The smallest absolute Gasteiger partial charge is 0.282 e. The SMILES string of the molecule is CCn1cc(NC(=O)Cn2nc(C(F)F)cc2C(F)F)c(C(=O)NCc2ccco2)n1. The van der Waals surface area contributed by atoms with Crippen molar-refractivity contribution >= 4 is 17.5 Å². The van der Waals surface area contributed by atoms with Gasteiger partial charge in [-0.3, -0.25) is 19.0 Å². The summed E-state index contributed by atoms with van der Waals surface area (Å²) in [6.07, 6.45) is -3.32. The highest BCUT2D eigenvalue weighted by Crippen LogP contribution is 2.25. The molecule has 0 saturated carbocycles. The Labute approximate surface area is 173 Å². The zero-order chi connectivity index (χ0) is 22.5. The highest BCUT2D eigenvalue weighted by Gasteiger charge is 2.24. The zero-order valence-electron chi connectivity index (χ0n) is 16.2. The van der Waals surface area contributed by atoms with Crippen molar-refractivity contribution in [3.8, 4) is 0 Å². The van der Waals surface area contributed by atoms with Crippen LogP contribution in [-0.2, 0) is 24.4 Å². The normalized spacial score (nSPS) is 11.3. The molecule has 0 aromatic carbocycles. The average molecular weight is 442 g/mol. The molecule has 0 bridgehead atoms. The van der Waals surface area contributed by atoms with Gasteiger partial charge >= 0.3 is 0 Å². The number of halogens is 4. The van der Waals surface area contributed by atoms with Crippen LogP contribution in [0.4, 0.5) is 23.2 Å². The summed E-state index contributed by atoms with van der Waals surface area (Å²) in [6.45, 7) is 1.48. The first-order valence-corrected chi connectivity index (χ1v) is 9.10. The second-order valence-electron chi connectivity index (χ2n) is 6.31. The van der Waals surface area contributed by atoms with Crippen LogP contribution in [0.5, 0.6) is 0 Å². The number of anilines is 1. The van der Waals surface area contributed by atoms with E-state index < -0.39 is 42.6 Å². The summed E-state index contributed by atoms with van der Waals surface area (Å²) in [7, 11) is 0. The molecule has 166 valence electrons. The number of nitrogens with zero attached hydrogens (tertiary/aromatic N) is 4. The van der Waals surface area contributed by atoms with Gasteiger partial charge in [-0.2, -0.15) is 10.2 Å². The van der Waals surface area contributed by atoms with Gasteiger partial charge < -0.3 is 15.1 Å². The summed E-state index contributed by atoms with van der Waals surface area (Å²) in [4.78, 5) is 24.8. The molecule has 9 nitrogen and oxygen atoms in total. The van der Waals surface area contributed by atoms with Crippen LogP contribution >= 0.6 is 0 Å². The molecule has 3 aromatic rings. The second-order valence-corrected chi connectivity index (χ2v) is 6.31. The molecule has 3 rings (SSSR count). The topological polar surface area (TPSA) is 107 Å². The van der Waals surface area contributed by atoms with Crippen LogP contribution in [0, 0.1) is 0 Å².